The second kappa shape index (κ2) is 6.37. The lowest BCUT2D eigenvalue weighted by Crippen LogP contribution is -2.41. The number of carbonyl (C=O) groups is 1. The highest BCUT2D eigenvalue weighted by Gasteiger charge is 2.25. The Balaban J connectivity index is 2.17. The fraction of sp³-hybridized carbons (Fsp3) is 0.533. The summed E-state index contributed by atoms with van der Waals surface area (Å²) in [7, 11) is 0. The van der Waals surface area contributed by atoms with Gasteiger partial charge in [0.2, 0.25) is 0 Å². The minimum absolute atomic E-state index is 0.164. The lowest BCUT2D eigenvalue weighted by atomic mass is 9.93. The van der Waals surface area contributed by atoms with Crippen LogP contribution in [0.5, 0.6) is 0 Å². The van der Waals surface area contributed by atoms with Crippen molar-refractivity contribution in [1.82, 2.24) is 4.90 Å². The summed E-state index contributed by atoms with van der Waals surface area (Å²) in [4.78, 5) is 14.6. The number of hydrogen-bond acceptors (Lipinski definition) is 1. The summed E-state index contributed by atoms with van der Waals surface area (Å²) < 4.78 is 0.893. The highest BCUT2D eigenvalue weighted by molar-refractivity contribution is 9.10. The zero-order valence-corrected chi connectivity index (χ0v) is 12.4. The van der Waals surface area contributed by atoms with Crippen molar-refractivity contribution in [2.24, 2.45) is 0 Å². The molecule has 0 radical (unpaired) electrons. The zero-order chi connectivity index (χ0) is 13.0. The minimum atomic E-state index is 0.164. The lowest BCUT2D eigenvalue weighted by Gasteiger charge is -2.33. The van der Waals surface area contributed by atoms with Gasteiger partial charge in [-0.3, -0.25) is 4.79 Å². The van der Waals surface area contributed by atoms with Gasteiger partial charge in [0.15, 0.2) is 0 Å². The number of nitrogens with zero attached hydrogens (tertiary/aromatic N) is 1. The van der Waals surface area contributed by atoms with Crippen LogP contribution >= 0.6 is 15.9 Å². The SMILES string of the molecule is CCN(C(=O)c1ccccc1Br)C1CCCCC1. The molecule has 1 fully saturated rings. The van der Waals surface area contributed by atoms with E-state index < -0.39 is 0 Å². The smallest absolute Gasteiger partial charge is 0.255 e. The third-order valence-electron chi connectivity index (χ3n) is 3.72. The molecule has 0 saturated heterocycles. The van der Waals surface area contributed by atoms with Crippen LogP contribution in [0.25, 0.3) is 0 Å². The Kier molecular flexibility index (Phi) is 4.81. The van der Waals surface area contributed by atoms with Crippen molar-refractivity contribution < 1.29 is 4.79 Å². The van der Waals surface area contributed by atoms with E-state index in [-0.39, 0.29) is 5.91 Å². The largest absolute Gasteiger partial charge is 0.336 e. The van der Waals surface area contributed by atoms with Crippen LogP contribution in [-0.4, -0.2) is 23.4 Å². The molecule has 18 heavy (non-hydrogen) atoms. The summed E-state index contributed by atoms with van der Waals surface area (Å²) in [5.41, 5.74) is 0.782. The normalized spacial score (nSPS) is 16.6. The molecule has 1 aliphatic carbocycles. The molecule has 0 spiro atoms. The summed E-state index contributed by atoms with van der Waals surface area (Å²) in [5.74, 6) is 0.164. The van der Waals surface area contributed by atoms with E-state index in [0.29, 0.717) is 6.04 Å². The van der Waals surface area contributed by atoms with Crippen molar-refractivity contribution in [3.63, 3.8) is 0 Å². The average Bonchev–Trinajstić information content (AvgIpc) is 2.41. The molecule has 0 atom stereocenters. The van der Waals surface area contributed by atoms with Gasteiger partial charge in [-0.05, 0) is 47.8 Å². The Bertz CT molecular complexity index is 413. The third kappa shape index (κ3) is 2.94. The molecule has 2 nitrogen and oxygen atoms in total. The van der Waals surface area contributed by atoms with E-state index in [9.17, 15) is 4.79 Å². The third-order valence-corrected chi connectivity index (χ3v) is 4.41. The van der Waals surface area contributed by atoms with Gasteiger partial charge in [0, 0.05) is 17.1 Å². The molecule has 98 valence electrons. The van der Waals surface area contributed by atoms with E-state index in [0.717, 1.165) is 29.4 Å². The molecule has 0 N–H and O–H groups in total. The van der Waals surface area contributed by atoms with E-state index in [4.69, 9.17) is 0 Å². The van der Waals surface area contributed by atoms with Gasteiger partial charge >= 0.3 is 0 Å². The molecular weight excluding hydrogens is 290 g/mol. The number of amides is 1. The molecule has 0 heterocycles. The van der Waals surface area contributed by atoms with Crippen molar-refractivity contribution >= 4 is 21.8 Å². The van der Waals surface area contributed by atoms with Gasteiger partial charge in [0.1, 0.15) is 0 Å². The maximum atomic E-state index is 12.6. The molecule has 1 aromatic rings. The summed E-state index contributed by atoms with van der Waals surface area (Å²) in [5, 5.41) is 0. The van der Waals surface area contributed by atoms with Crippen molar-refractivity contribution in [1.29, 1.82) is 0 Å². The average molecular weight is 310 g/mol. The summed E-state index contributed by atoms with van der Waals surface area (Å²) in [6.45, 7) is 2.87. The van der Waals surface area contributed by atoms with Crippen molar-refractivity contribution in [2.45, 2.75) is 45.1 Å². The maximum absolute atomic E-state index is 12.6. The fourth-order valence-electron chi connectivity index (χ4n) is 2.75. The van der Waals surface area contributed by atoms with Crippen LogP contribution in [0.1, 0.15) is 49.4 Å². The molecular formula is C15H20BrNO. The number of benzene rings is 1. The molecule has 0 aromatic heterocycles. The fourth-order valence-corrected chi connectivity index (χ4v) is 3.20. The molecule has 0 unspecified atom stereocenters. The number of hydrogen-bond donors (Lipinski definition) is 0. The standard InChI is InChI=1S/C15H20BrNO/c1-2-17(12-8-4-3-5-9-12)15(18)13-10-6-7-11-14(13)16/h6-7,10-12H,2-5,8-9H2,1H3. The molecule has 3 heteroatoms. The molecule has 1 aliphatic rings. The molecule has 0 aliphatic heterocycles. The Morgan fingerprint density at radius 3 is 2.56 bits per heavy atom. The van der Waals surface area contributed by atoms with Crippen LogP contribution in [0.2, 0.25) is 0 Å². The first kappa shape index (κ1) is 13.6. The zero-order valence-electron chi connectivity index (χ0n) is 10.9. The first-order chi connectivity index (χ1) is 8.74. The van der Waals surface area contributed by atoms with Crippen LogP contribution in [-0.2, 0) is 0 Å². The Morgan fingerprint density at radius 1 is 1.28 bits per heavy atom. The molecule has 1 amide bonds. The van der Waals surface area contributed by atoms with Gasteiger partial charge in [-0.1, -0.05) is 31.4 Å². The van der Waals surface area contributed by atoms with Gasteiger partial charge in [0.25, 0.3) is 5.91 Å². The number of rotatable bonds is 3. The van der Waals surface area contributed by atoms with Gasteiger partial charge < -0.3 is 4.90 Å². The minimum Gasteiger partial charge on any atom is -0.336 e. The Labute approximate surface area is 117 Å². The summed E-state index contributed by atoms with van der Waals surface area (Å²) in [6, 6.07) is 8.13. The predicted octanol–water partition coefficient (Wildman–Crippen LogP) is 4.24. The monoisotopic (exact) mass is 309 g/mol. The first-order valence-corrected chi connectivity index (χ1v) is 7.59. The van der Waals surface area contributed by atoms with E-state index in [1.54, 1.807) is 0 Å². The van der Waals surface area contributed by atoms with Crippen LogP contribution in [0.4, 0.5) is 0 Å². The van der Waals surface area contributed by atoms with E-state index in [2.05, 4.69) is 22.9 Å². The molecule has 2 rings (SSSR count). The van der Waals surface area contributed by atoms with Gasteiger partial charge in [0.05, 0.1) is 5.56 Å². The lowest BCUT2D eigenvalue weighted by molar-refractivity contribution is 0.0647. The predicted molar refractivity (Wildman–Crippen MR) is 77.7 cm³/mol. The second-order valence-corrected chi connectivity index (χ2v) is 5.72. The Morgan fingerprint density at radius 2 is 1.94 bits per heavy atom. The van der Waals surface area contributed by atoms with E-state index in [1.165, 1.54) is 19.3 Å². The van der Waals surface area contributed by atoms with Gasteiger partial charge in [-0.15, -0.1) is 0 Å². The van der Waals surface area contributed by atoms with Crippen LogP contribution < -0.4 is 0 Å². The van der Waals surface area contributed by atoms with Crippen molar-refractivity contribution in [3.05, 3.63) is 34.3 Å². The highest BCUT2D eigenvalue weighted by Crippen LogP contribution is 2.25. The van der Waals surface area contributed by atoms with Crippen LogP contribution in [0.3, 0.4) is 0 Å². The van der Waals surface area contributed by atoms with Crippen LogP contribution in [0.15, 0.2) is 28.7 Å². The highest BCUT2D eigenvalue weighted by atomic mass is 79.9. The van der Waals surface area contributed by atoms with Gasteiger partial charge in [-0.2, -0.15) is 0 Å². The van der Waals surface area contributed by atoms with Crippen LogP contribution in [0, 0.1) is 0 Å². The van der Waals surface area contributed by atoms with Crippen molar-refractivity contribution in [2.75, 3.05) is 6.54 Å². The van der Waals surface area contributed by atoms with Crippen molar-refractivity contribution in [3.8, 4) is 0 Å². The Hall–Kier alpha value is -0.830. The maximum Gasteiger partial charge on any atom is 0.255 e. The quantitative estimate of drug-likeness (QED) is 0.817. The summed E-state index contributed by atoms with van der Waals surface area (Å²) in [6.07, 6.45) is 6.14. The number of halogens is 1. The molecule has 1 aromatic carbocycles. The van der Waals surface area contributed by atoms with Gasteiger partial charge in [-0.25, -0.2) is 0 Å². The second-order valence-electron chi connectivity index (χ2n) is 4.86. The van der Waals surface area contributed by atoms with E-state index in [1.807, 2.05) is 29.2 Å². The number of carbonyl (C=O) groups excluding carboxylic acids is 1. The molecule has 1 saturated carbocycles. The van der Waals surface area contributed by atoms with E-state index >= 15 is 0 Å². The summed E-state index contributed by atoms with van der Waals surface area (Å²) >= 11 is 3.47. The molecule has 0 bridgehead atoms. The topological polar surface area (TPSA) is 20.3 Å². The first-order valence-electron chi connectivity index (χ1n) is 6.79.